The van der Waals surface area contributed by atoms with Crippen molar-refractivity contribution in [3.8, 4) is 11.3 Å². The topological polar surface area (TPSA) is 62.0 Å². The molecule has 4 rings (SSSR count). The Labute approximate surface area is 165 Å². The maximum atomic E-state index is 12.9. The summed E-state index contributed by atoms with van der Waals surface area (Å²) >= 11 is 0. The van der Waals surface area contributed by atoms with Gasteiger partial charge < -0.3 is 4.98 Å². The molecule has 0 saturated carbocycles. The number of halogens is 3. The highest BCUT2D eigenvalue weighted by molar-refractivity contribution is 7.92. The summed E-state index contributed by atoms with van der Waals surface area (Å²) < 4.78 is 66.1. The van der Waals surface area contributed by atoms with Crippen molar-refractivity contribution < 1.29 is 21.6 Å². The molecule has 0 aliphatic rings. The van der Waals surface area contributed by atoms with Crippen molar-refractivity contribution in [3.63, 3.8) is 0 Å². The zero-order valence-corrected chi connectivity index (χ0v) is 15.7. The summed E-state index contributed by atoms with van der Waals surface area (Å²) in [5.41, 5.74) is 1.90. The number of anilines is 1. The minimum Gasteiger partial charge on any atom is -0.355 e. The van der Waals surface area contributed by atoms with Crippen LogP contribution in [0.4, 0.5) is 18.9 Å². The highest BCUT2D eigenvalue weighted by atomic mass is 32.2. The summed E-state index contributed by atoms with van der Waals surface area (Å²) in [6.07, 6.45) is -4.62. The Kier molecular flexibility index (Phi) is 4.58. The van der Waals surface area contributed by atoms with Crippen LogP contribution in [0, 0.1) is 0 Å². The molecule has 0 radical (unpaired) electrons. The number of aromatic amines is 1. The van der Waals surface area contributed by atoms with Gasteiger partial charge in [0.05, 0.1) is 10.5 Å². The van der Waals surface area contributed by atoms with E-state index in [0.29, 0.717) is 6.07 Å². The number of fused-ring (bicyclic) bond motifs is 1. The number of nitrogens with one attached hydrogen (secondary N) is 2. The fourth-order valence-corrected chi connectivity index (χ4v) is 4.12. The largest absolute Gasteiger partial charge is 0.416 e. The van der Waals surface area contributed by atoms with Crippen molar-refractivity contribution in [1.82, 2.24) is 4.98 Å². The third kappa shape index (κ3) is 3.97. The number of hydrogen-bond acceptors (Lipinski definition) is 2. The molecule has 148 valence electrons. The molecule has 0 fully saturated rings. The van der Waals surface area contributed by atoms with Gasteiger partial charge in [-0.15, -0.1) is 0 Å². The fourth-order valence-electron chi connectivity index (χ4n) is 3.02. The summed E-state index contributed by atoms with van der Waals surface area (Å²) in [5, 5.41) is 0.771. The summed E-state index contributed by atoms with van der Waals surface area (Å²) in [4.78, 5) is 2.80. The second kappa shape index (κ2) is 6.97. The second-order valence-corrected chi connectivity index (χ2v) is 8.16. The first-order chi connectivity index (χ1) is 13.7. The molecule has 4 nitrogen and oxygen atoms in total. The predicted molar refractivity (Wildman–Crippen MR) is 106 cm³/mol. The average molecular weight is 416 g/mol. The van der Waals surface area contributed by atoms with Crippen LogP contribution < -0.4 is 4.72 Å². The van der Waals surface area contributed by atoms with Crippen molar-refractivity contribution in [2.24, 2.45) is 0 Å². The number of alkyl halides is 3. The number of hydrogen-bond donors (Lipinski definition) is 2. The molecule has 0 saturated heterocycles. The van der Waals surface area contributed by atoms with Crippen molar-refractivity contribution in [2.75, 3.05) is 4.72 Å². The van der Waals surface area contributed by atoms with Crippen molar-refractivity contribution in [2.45, 2.75) is 11.1 Å². The maximum Gasteiger partial charge on any atom is 0.416 e. The molecule has 0 spiro atoms. The monoisotopic (exact) mass is 416 g/mol. The van der Waals surface area contributed by atoms with Crippen LogP contribution in [0.25, 0.3) is 22.2 Å². The standard InChI is InChI=1S/C21H15F3N2O2S/c22-21(23,24)16-7-4-8-18(13-16)29(27,28)26-17-9-10-19-15(11-17)12-20(25-19)14-5-2-1-3-6-14/h1-13,25-26H. The van der Waals surface area contributed by atoms with Gasteiger partial charge in [0.1, 0.15) is 0 Å². The van der Waals surface area contributed by atoms with Gasteiger partial charge >= 0.3 is 6.18 Å². The molecule has 0 aliphatic carbocycles. The van der Waals surface area contributed by atoms with Crippen LogP contribution in [0.1, 0.15) is 5.56 Å². The first kappa shape index (κ1) is 19.1. The number of benzene rings is 3. The maximum absolute atomic E-state index is 12.9. The van der Waals surface area contributed by atoms with E-state index in [1.54, 1.807) is 18.2 Å². The smallest absolute Gasteiger partial charge is 0.355 e. The average Bonchev–Trinajstić information content (AvgIpc) is 3.11. The normalized spacial score (nSPS) is 12.2. The third-order valence-corrected chi connectivity index (χ3v) is 5.81. The molecular weight excluding hydrogens is 401 g/mol. The summed E-state index contributed by atoms with van der Waals surface area (Å²) in [6.45, 7) is 0. The lowest BCUT2D eigenvalue weighted by Crippen LogP contribution is -2.14. The van der Waals surface area contributed by atoms with E-state index in [4.69, 9.17) is 0 Å². The second-order valence-electron chi connectivity index (χ2n) is 6.48. The molecule has 3 aromatic carbocycles. The van der Waals surface area contributed by atoms with Gasteiger partial charge in [-0.2, -0.15) is 13.2 Å². The van der Waals surface area contributed by atoms with Crippen molar-refractivity contribution in [1.29, 1.82) is 0 Å². The van der Waals surface area contributed by atoms with Crippen molar-refractivity contribution in [3.05, 3.63) is 84.4 Å². The quantitative estimate of drug-likeness (QED) is 0.451. The highest BCUT2D eigenvalue weighted by Crippen LogP contribution is 2.31. The lowest BCUT2D eigenvalue weighted by atomic mass is 10.1. The third-order valence-electron chi connectivity index (χ3n) is 4.43. The molecule has 4 aromatic rings. The Bertz CT molecular complexity index is 1280. The van der Waals surface area contributed by atoms with Crippen LogP contribution in [0.15, 0.2) is 83.8 Å². The fraction of sp³-hybridized carbons (Fsp3) is 0.0476. The summed E-state index contributed by atoms with van der Waals surface area (Å²) in [5.74, 6) is 0. The molecule has 0 aliphatic heterocycles. The minimum atomic E-state index is -4.62. The molecule has 0 bridgehead atoms. The SMILES string of the molecule is O=S(=O)(Nc1ccc2[nH]c(-c3ccccc3)cc2c1)c1cccc(C(F)(F)F)c1. The van der Waals surface area contributed by atoms with Crippen LogP contribution in [-0.4, -0.2) is 13.4 Å². The van der Waals surface area contributed by atoms with E-state index in [0.717, 1.165) is 40.4 Å². The number of H-pyrrole nitrogens is 1. The van der Waals surface area contributed by atoms with Gasteiger partial charge in [-0.25, -0.2) is 8.42 Å². The van der Waals surface area contributed by atoms with Crippen molar-refractivity contribution >= 4 is 26.6 Å². The summed E-state index contributed by atoms with van der Waals surface area (Å²) in [6, 6.07) is 20.0. The Morgan fingerprint density at radius 3 is 2.31 bits per heavy atom. The van der Waals surface area contributed by atoms with Crippen LogP contribution >= 0.6 is 0 Å². The van der Waals surface area contributed by atoms with Gasteiger partial charge in [-0.3, -0.25) is 4.72 Å². The molecule has 0 amide bonds. The lowest BCUT2D eigenvalue weighted by Gasteiger charge is -2.11. The van der Waals surface area contributed by atoms with Crippen LogP contribution in [-0.2, 0) is 16.2 Å². The Balaban J connectivity index is 1.65. The molecular formula is C21H15F3N2O2S. The lowest BCUT2D eigenvalue weighted by molar-refractivity contribution is -0.137. The molecule has 29 heavy (non-hydrogen) atoms. The highest BCUT2D eigenvalue weighted by Gasteiger charge is 2.31. The van der Waals surface area contributed by atoms with Gasteiger partial charge in [0, 0.05) is 22.3 Å². The molecule has 0 atom stereocenters. The van der Waals surface area contributed by atoms with Gasteiger partial charge in [0.25, 0.3) is 10.0 Å². The first-order valence-corrected chi connectivity index (χ1v) is 10.1. The Morgan fingerprint density at radius 2 is 1.59 bits per heavy atom. The van der Waals surface area contributed by atoms with E-state index in [-0.39, 0.29) is 5.69 Å². The molecule has 8 heteroatoms. The summed E-state index contributed by atoms with van der Waals surface area (Å²) in [7, 11) is -4.17. The predicted octanol–water partition coefficient (Wildman–Crippen LogP) is 5.65. The minimum absolute atomic E-state index is 0.258. The zero-order chi connectivity index (χ0) is 20.6. The molecule has 0 unspecified atom stereocenters. The molecule has 2 N–H and O–H groups in total. The van der Waals surface area contributed by atoms with Gasteiger partial charge in [0.15, 0.2) is 0 Å². The van der Waals surface area contributed by atoms with Crippen LogP contribution in [0.3, 0.4) is 0 Å². The molecule has 1 aromatic heterocycles. The Morgan fingerprint density at radius 1 is 0.828 bits per heavy atom. The van der Waals surface area contributed by atoms with Gasteiger partial charge in [-0.05, 0) is 48.0 Å². The number of sulfonamides is 1. The van der Waals surface area contributed by atoms with Gasteiger partial charge in [-0.1, -0.05) is 36.4 Å². The van der Waals surface area contributed by atoms with E-state index in [2.05, 4.69) is 9.71 Å². The van der Waals surface area contributed by atoms with Crippen LogP contribution in [0.5, 0.6) is 0 Å². The number of rotatable bonds is 4. The molecule has 1 heterocycles. The Hall–Kier alpha value is -3.26. The van der Waals surface area contributed by atoms with E-state index in [9.17, 15) is 21.6 Å². The van der Waals surface area contributed by atoms with E-state index in [1.165, 1.54) is 0 Å². The zero-order valence-electron chi connectivity index (χ0n) is 14.9. The van der Waals surface area contributed by atoms with Gasteiger partial charge in [0.2, 0.25) is 0 Å². The van der Waals surface area contributed by atoms with E-state index in [1.807, 2.05) is 36.4 Å². The van der Waals surface area contributed by atoms with Crippen LogP contribution in [0.2, 0.25) is 0 Å². The number of aromatic nitrogens is 1. The van der Waals surface area contributed by atoms with E-state index < -0.39 is 26.7 Å². The first-order valence-electron chi connectivity index (χ1n) is 8.61. The van der Waals surface area contributed by atoms with E-state index >= 15 is 0 Å².